The van der Waals surface area contributed by atoms with Crippen molar-refractivity contribution >= 4 is 17.5 Å². The summed E-state index contributed by atoms with van der Waals surface area (Å²) >= 11 is 0. The number of rotatable bonds is 14. The molecule has 7 heteroatoms. The van der Waals surface area contributed by atoms with Crippen molar-refractivity contribution in [3.05, 3.63) is 34.9 Å². The summed E-state index contributed by atoms with van der Waals surface area (Å²) in [6, 6.07) is 0. The van der Waals surface area contributed by atoms with Gasteiger partial charge in [-0.1, -0.05) is 34.9 Å². The van der Waals surface area contributed by atoms with Gasteiger partial charge in [0, 0.05) is 6.66 Å². The zero-order chi connectivity index (χ0) is 21.8. The Balaban J connectivity index is 4.46. The fourth-order valence-corrected chi connectivity index (χ4v) is 6.86. The summed E-state index contributed by atoms with van der Waals surface area (Å²) in [5.74, 6) is 0. The summed E-state index contributed by atoms with van der Waals surface area (Å²) in [4.78, 5) is -1.35. The van der Waals surface area contributed by atoms with E-state index in [-0.39, 0.29) is 13.0 Å². The van der Waals surface area contributed by atoms with Gasteiger partial charge < -0.3 is 4.52 Å². The Morgan fingerprint density at radius 2 is 1.50 bits per heavy atom. The Hall–Kier alpha value is -0.680. The molecule has 0 saturated carbocycles. The normalized spacial score (nSPS) is 16.5. The molecule has 0 fully saturated rings. The lowest BCUT2D eigenvalue weighted by Gasteiger charge is -2.21. The van der Waals surface area contributed by atoms with Gasteiger partial charge in [0.1, 0.15) is 0 Å². The van der Waals surface area contributed by atoms with E-state index in [0.29, 0.717) is 12.8 Å². The molecule has 0 aliphatic rings. The van der Waals surface area contributed by atoms with Crippen molar-refractivity contribution in [3.8, 4) is 0 Å². The molecule has 164 valence electrons. The molecule has 1 N–H and O–H groups in total. The van der Waals surface area contributed by atoms with Crippen molar-refractivity contribution in [1.82, 2.24) is 0 Å². The minimum absolute atomic E-state index is 0.125. The molecular weight excluding hydrogens is 395 g/mol. The highest BCUT2D eigenvalue weighted by atomic mass is 32.2. The third-order valence-corrected chi connectivity index (χ3v) is 9.47. The van der Waals surface area contributed by atoms with Gasteiger partial charge in [0.05, 0.1) is 6.61 Å². The van der Waals surface area contributed by atoms with Gasteiger partial charge in [-0.05, 0) is 79.6 Å². The molecule has 0 rings (SSSR count). The van der Waals surface area contributed by atoms with Crippen LogP contribution in [0.15, 0.2) is 34.9 Å². The molecule has 0 aromatic rings. The van der Waals surface area contributed by atoms with E-state index < -0.39 is 22.5 Å². The van der Waals surface area contributed by atoms with Gasteiger partial charge in [0.15, 0.2) is 4.99 Å². The van der Waals surface area contributed by atoms with Crippen LogP contribution in [0.3, 0.4) is 0 Å². The first-order valence-electron chi connectivity index (χ1n) is 10.0. The van der Waals surface area contributed by atoms with Crippen LogP contribution in [0.4, 0.5) is 0 Å². The molecule has 0 radical (unpaired) electrons. The monoisotopic (exact) mass is 434 g/mol. The quantitative estimate of drug-likeness (QED) is 0.142. The lowest BCUT2D eigenvalue weighted by molar-refractivity contribution is 0.331. The van der Waals surface area contributed by atoms with Crippen molar-refractivity contribution in [3.63, 3.8) is 0 Å². The van der Waals surface area contributed by atoms with Crippen LogP contribution in [-0.4, -0.2) is 31.2 Å². The molecular formula is C21H39O5PS. The van der Waals surface area contributed by atoms with E-state index in [1.807, 2.05) is 0 Å². The third kappa shape index (κ3) is 12.7. The van der Waals surface area contributed by atoms with E-state index in [1.54, 1.807) is 6.92 Å². The summed E-state index contributed by atoms with van der Waals surface area (Å²) in [7, 11) is -7.81. The molecule has 28 heavy (non-hydrogen) atoms. The predicted octanol–water partition coefficient (Wildman–Crippen LogP) is 6.73. The van der Waals surface area contributed by atoms with E-state index in [4.69, 9.17) is 4.52 Å². The molecule has 0 aliphatic heterocycles. The Bertz CT molecular complexity index is 700. The van der Waals surface area contributed by atoms with Crippen molar-refractivity contribution in [2.24, 2.45) is 0 Å². The molecule has 0 heterocycles. The zero-order valence-corrected chi connectivity index (χ0v) is 20.1. The predicted molar refractivity (Wildman–Crippen MR) is 120 cm³/mol. The average Bonchev–Trinajstić information content (AvgIpc) is 2.52. The van der Waals surface area contributed by atoms with Gasteiger partial charge in [-0.3, -0.25) is 9.12 Å². The fraction of sp³-hybridized carbons (Fsp3) is 0.714. The highest BCUT2D eigenvalue weighted by molar-refractivity contribution is 7.94. The number of hydrogen-bond donors (Lipinski definition) is 1. The summed E-state index contributed by atoms with van der Waals surface area (Å²) in [6.45, 7) is 11.5. The van der Waals surface area contributed by atoms with Crippen LogP contribution in [-0.2, 0) is 19.2 Å². The van der Waals surface area contributed by atoms with Crippen LogP contribution in [0.1, 0.15) is 79.6 Å². The molecule has 0 aromatic carbocycles. The minimum Gasteiger partial charge on any atom is -0.328 e. The van der Waals surface area contributed by atoms with Gasteiger partial charge in [-0.2, -0.15) is 8.42 Å². The van der Waals surface area contributed by atoms with Crippen LogP contribution < -0.4 is 0 Å². The van der Waals surface area contributed by atoms with Crippen LogP contribution in [0, 0.1) is 0 Å². The number of allylic oxidation sites excluding steroid dienone is 6. The summed E-state index contributed by atoms with van der Waals surface area (Å²) < 4.78 is 50.1. The Morgan fingerprint density at radius 1 is 1.00 bits per heavy atom. The second-order valence-corrected chi connectivity index (χ2v) is 12.3. The molecule has 2 unspecified atom stereocenters. The molecule has 0 spiro atoms. The Morgan fingerprint density at radius 3 is 1.96 bits per heavy atom. The number of hydrogen-bond acceptors (Lipinski definition) is 4. The zero-order valence-electron chi connectivity index (χ0n) is 18.4. The van der Waals surface area contributed by atoms with E-state index in [9.17, 15) is 17.5 Å². The van der Waals surface area contributed by atoms with Crippen molar-refractivity contribution in [1.29, 1.82) is 0 Å². The fourth-order valence-electron chi connectivity index (χ4n) is 2.94. The molecule has 0 aliphatic carbocycles. The molecule has 0 bridgehead atoms. The van der Waals surface area contributed by atoms with Crippen molar-refractivity contribution in [2.75, 3.05) is 13.3 Å². The summed E-state index contributed by atoms with van der Waals surface area (Å²) in [5.41, 5.74) is 4.00. The van der Waals surface area contributed by atoms with Gasteiger partial charge in [-0.25, -0.2) is 0 Å². The Labute approximate surface area is 172 Å². The first-order chi connectivity index (χ1) is 12.9. The third-order valence-electron chi connectivity index (χ3n) is 4.52. The first kappa shape index (κ1) is 27.3. The molecule has 0 aromatic heterocycles. The average molecular weight is 435 g/mol. The van der Waals surface area contributed by atoms with Gasteiger partial charge in [-0.15, -0.1) is 0 Å². The van der Waals surface area contributed by atoms with E-state index in [2.05, 4.69) is 45.9 Å². The van der Waals surface area contributed by atoms with E-state index in [1.165, 1.54) is 23.4 Å². The van der Waals surface area contributed by atoms with Crippen molar-refractivity contribution in [2.45, 2.75) is 84.6 Å². The lowest BCUT2D eigenvalue weighted by Crippen LogP contribution is -2.21. The summed E-state index contributed by atoms with van der Waals surface area (Å²) in [5, 5.41) is 0. The van der Waals surface area contributed by atoms with Crippen LogP contribution in [0.2, 0.25) is 0 Å². The molecule has 0 saturated heterocycles. The maximum absolute atomic E-state index is 12.4. The second kappa shape index (κ2) is 13.5. The highest BCUT2D eigenvalue weighted by Crippen LogP contribution is 2.51. The molecule has 0 amide bonds. The minimum atomic E-state index is -4.40. The van der Waals surface area contributed by atoms with E-state index in [0.717, 1.165) is 25.7 Å². The maximum atomic E-state index is 12.4. The summed E-state index contributed by atoms with van der Waals surface area (Å²) in [6.07, 6.45) is 12.1. The first-order valence-corrected chi connectivity index (χ1v) is 13.7. The lowest BCUT2D eigenvalue weighted by atomic mass is 10.1. The van der Waals surface area contributed by atoms with E-state index >= 15 is 0 Å². The highest BCUT2D eigenvalue weighted by Gasteiger charge is 2.38. The standard InChI is InChI=1S/C21H39O5PS/c1-7-26-27(6,22)21(28(23,24)25)17-9-8-13-19(4)15-11-16-20(5)14-10-12-18(2)3/h12-13,16,21H,7-11,14-15,17H2,1-6H3,(H,23,24,25)/b19-13+,20-16+. The van der Waals surface area contributed by atoms with Crippen LogP contribution in [0.25, 0.3) is 0 Å². The number of unbranched alkanes of at least 4 members (excludes halogenated alkanes) is 1. The van der Waals surface area contributed by atoms with Gasteiger partial charge >= 0.3 is 0 Å². The second-order valence-electron chi connectivity index (χ2n) is 7.69. The van der Waals surface area contributed by atoms with Crippen molar-refractivity contribution < 1.29 is 22.1 Å². The SMILES string of the molecule is CCOP(C)(=O)C(CCC/C=C(\C)CC/C=C(\C)CCC=C(C)C)S(=O)(=O)O. The maximum Gasteiger partial charge on any atom is 0.277 e. The largest absolute Gasteiger partial charge is 0.328 e. The molecule has 5 nitrogen and oxygen atoms in total. The van der Waals surface area contributed by atoms with Crippen LogP contribution in [0.5, 0.6) is 0 Å². The molecule has 2 atom stereocenters. The van der Waals surface area contributed by atoms with Crippen LogP contribution >= 0.6 is 7.37 Å². The van der Waals surface area contributed by atoms with Gasteiger partial charge in [0.2, 0.25) is 7.37 Å². The Kier molecular flexibility index (Phi) is 13.2. The smallest absolute Gasteiger partial charge is 0.277 e. The topological polar surface area (TPSA) is 80.7 Å². The van der Waals surface area contributed by atoms with Gasteiger partial charge in [0.25, 0.3) is 10.1 Å².